The molecule has 0 saturated heterocycles. The van der Waals surface area contributed by atoms with E-state index in [0.717, 1.165) is 16.5 Å². The van der Waals surface area contributed by atoms with Crippen molar-refractivity contribution < 1.29 is 9.90 Å². The fraction of sp³-hybridized carbons (Fsp3) is 0.200. The maximum Gasteiger partial charge on any atom is 0.214 e. The van der Waals surface area contributed by atoms with Crippen LogP contribution in [0, 0.1) is 0 Å². The van der Waals surface area contributed by atoms with E-state index in [0.29, 0.717) is 22.5 Å². The molecule has 4 nitrogen and oxygen atoms in total. The molecule has 1 aliphatic heterocycles. The number of fused-ring (bicyclic) bond motifs is 2. The Hall–Kier alpha value is -2.88. The first kappa shape index (κ1) is 14.7. The summed E-state index contributed by atoms with van der Waals surface area (Å²) in [6.07, 6.45) is 0. The third-order valence-corrected chi connectivity index (χ3v) is 4.48. The van der Waals surface area contributed by atoms with E-state index in [-0.39, 0.29) is 17.1 Å². The lowest BCUT2D eigenvalue weighted by Gasteiger charge is -2.19. The third kappa shape index (κ3) is 2.07. The lowest BCUT2D eigenvalue weighted by atomic mass is 9.86. The van der Waals surface area contributed by atoms with Crippen LogP contribution in [0.5, 0.6) is 5.88 Å². The lowest BCUT2D eigenvalue weighted by Crippen LogP contribution is -2.12. The molecule has 2 aromatic carbocycles. The molecule has 0 atom stereocenters. The summed E-state index contributed by atoms with van der Waals surface area (Å²) >= 11 is 0. The molecular weight excluding hydrogens is 300 g/mol. The first-order valence-corrected chi connectivity index (χ1v) is 7.94. The van der Waals surface area contributed by atoms with Crippen molar-refractivity contribution in [3.8, 4) is 5.88 Å². The maximum atomic E-state index is 12.7. The highest BCUT2D eigenvalue weighted by Gasteiger charge is 2.30. The summed E-state index contributed by atoms with van der Waals surface area (Å²) in [6, 6.07) is 13.3. The molecule has 4 rings (SSSR count). The van der Waals surface area contributed by atoms with Crippen LogP contribution >= 0.6 is 0 Å². The zero-order valence-corrected chi connectivity index (χ0v) is 13.8. The van der Waals surface area contributed by atoms with E-state index in [1.807, 2.05) is 36.4 Å². The smallest absolute Gasteiger partial charge is 0.214 e. The molecule has 0 aliphatic carbocycles. The predicted molar refractivity (Wildman–Crippen MR) is 95.6 cm³/mol. The van der Waals surface area contributed by atoms with Crippen molar-refractivity contribution in [1.29, 1.82) is 0 Å². The van der Waals surface area contributed by atoms with Gasteiger partial charge in [-0.05, 0) is 35.2 Å². The van der Waals surface area contributed by atoms with Gasteiger partial charge in [-0.2, -0.15) is 0 Å². The monoisotopic (exact) mass is 318 g/mol. The number of aromatic amines is 1. The molecule has 0 bridgehead atoms. The second kappa shape index (κ2) is 4.81. The molecule has 2 heterocycles. The van der Waals surface area contributed by atoms with Crippen LogP contribution in [0.15, 0.2) is 47.5 Å². The van der Waals surface area contributed by atoms with E-state index in [4.69, 9.17) is 0 Å². The minimum atomic E-state index is -0.150. The molecule has 120 valence electrons. The highest BCUT2D eigenvalue weighted by Crippen LogP contribution is 2.36. The number of rotatable bonds is 1. The second-order valence-electron chi connectivity index (χ2n) is 7.17. The zero-order valence-electron chi connectivity index (χ0n) is 13.8. The number of H-pyrrole nitrogens is 1. The SMILES string of the molecule is CC(C)(C)c1ccc2[nH]c(O)c(C3=Nc4ccccc4C3=O)c2c1. The largest absolute Gasteiger partial charge is 0.494 e. The van der Waals surface area contributed by atoms with Gasteiger partial charge in [0.1, 0.15) is 5.71 Å². The molecule has 0 fully saturated rings. The first-order valence-electron chi connectivity index (χ1n) is 7.94. The fourth-order valence-corrected chi connectivity index (χ4v) is 3.12. The Morgan fingerprint density at radius 3 is 2.54 bits per heavy atom. The maximum absolute atomic E-state index is 12.7. The minimum Gasteiger partial charge on any atom is -0.494 e. The average molecular weight is 318 g/mol. The Kier molecular flexibility index (Phi) is 2.94. The molecule has 2 N–H and O–H groups in total. The third-order valence-electron chi connectivity index (χ3n) is 4.48. The van der Waals surface area contributed by atoms with Crippen molar-refractivity contribution in [2.45, 2.75) is 26.2 Å². The second-order valence-corrected chi connectivity index (χ2v) is 7.17. The molecule has 0 spiro atoms. The number of nitrogens with one attached hydrogen (secondary N) is 1. The van der Waals surface area contributed by atoms with Crippen molar-refractivity contribution >= 4 is 28.1 Å². The van der Waals surface area contributed by atoms with Crippen LogP contribution in [0.1, 0.15) is 42.3 Å². The molecule has 1 aliphatic rings. The van der Waals surface area contributed by atoms with Gasteiger partial charge in [0.2, 0.25) is 5.78 Å². The van der Waals surface area contributed by atoms with Crippen LogP contribution in [-0.4, -0.2) is 21.6 Å². The van der Waals surface area contributed by atoms with Gasteiger partial charge in [0.05, 0.1) is 11.3 Å². The van der Waals surface area contributed by atoms with Gasteiger partial charge in [0.15, 0.2) is 5.88 Å². The van der Waals surface area contributed by atoms with Crippen molar-refractivity contribution in [3.63, 3.8) is 0 Å². The van der Waals surface area contributed by atoms with Gasteiger partial charge in [-0.3, -0.25) is 4.79 Å². The summed E-state index contributed by atoms with van der Waals surface area (Å²) in [7, 11) is 0. The van der Waals surface area contributed by atoms with Crippen molar-refractivity contribution in [2.24, 2.45) is 4.99 Å². The average Bonchev–Trinajstić information content (AvgIpc) is 3.02. The summed E-state index contributed by atoms with van der Waals surface area (Å²) in [5.74, 6) is -0.168. The van der Waals surface area contributed by atoms with Gasteiger partial charge in [0, 0.05) is 16.5 Å². The molecule has 0 amide bonds. The number of hydrogen-bond donors (Lipinski definition) is 2. The normalized spacial score (nSPS) is 14.1. The van der Waals surface area contributed by atoms with Crippen LogP contribution in [0.2, 0.25) is 0 Å². The highest BCUT2D eigenvalue weighted by molar-refractivity contribution is 6.56. The van der Waals surface area contributed by atoms with E-state index in [1.165, 1.54) is 0 Å². The van der Waals surface area contributed by atoms with Crippen molar-refractivity contribution in [3.05, 3.63) is 59.2 Å². The highest BCUT2D eigenvalue weighted by atomic mass is 16.3. The minimum absolute atomic E-state index is 0.0176. The number of ketones is 1. The van der Waals surface area contributed by atoms with Crippen LogP contribution in [-0.2, 0) is 5.41 Å². The lowest BCUT2D eigenvalue weighted by molar-refractivity contribution is 0.107. The van der Waals surface area contributed by atoms with Gasteiger partial charge in [0.25, 0.3) is 0 Å². The number of aliphatic imine (C=N–C) groups is 1. The van der Waals surface area contributed by atoms with Crippen molar-refractivity contribution in [1.82, 2.24) is 4.98 Å². The van der Waals surface area contributed by atoms with E-state index >= 15 is 0 Å². The Bertz CT molecular complexity index is 1020. The molecule has 1 aromatic heterocycles. The molecular formula is C20H18N2O2. The number of Topliss-reactive ketones (excluding diaryl/α,β-unsaturated/α-hetero) is 1. The molecule has 3 aromatic rings. The van der Waals surface area contributed by atoms with Crippen LogP contribution in [0.4, 0.5) is 5.69 Å². The van der Waals surface area contributed by atoms with Gasteiger partial charge >= 0.3 is 0 Å². The Labute approximate surface area is 139 Å². The van der Waals surface area contributed by atoms with E-state index in [2.05, 4.69) is 30.7 Å². The molecule has 0 unspecified atom stereocenters. The fourth-order valence-electron chi connectivity index (χ4n) is 3.12. The summed E-state index contributed by atoms with van der Waals surface area (Å²) in [6.45, 7) is 6.40. The number of aromatic hydroxyl groups is 1. The number of carbonyl (C=O) groups excluding carboxylic acids is 1. The van der Waals surface area contributed by atoms with Crippen LogP contribution < -0.4 is 0 Å². The van der Waals surface area contributed by atoms with E-state index in [1.54, 1.807) is 6.07 Å². The summed E-state index contributed by atoms with van der Waals surface area (Å²) in [4.78, 5) is 20.1. The van der Waals surface area contributed by atoms with Gasteiger partial charge in [-0.25, -0.2) is 4.99 Å². The summed E-state index contributed by atoms with van der Waals surface area (Å²) in [5, 5.41) is 11.2. The van der Waals surface area contributed by atoms with Gasteiger partial charge in [-0.1, -0.05) is 39.0 Å². The van der Waals surface area contributed by atoms with E-state index in [9.17, 15) is 9.90 Å². The van der Waals surface area contributed by atoms with Gasteiger partial charge in [-0.15, -0.1) is 0 Å². The molecule has 4 heteroatoms. The number of aromatic nitrogens is 1. The van der Waals surface area contributed by atoms with Crippen LogP contribution in [0.25, 0.3) is 10.9 Å². The quantitative estimate of drug-likeness (QED) is 0.694. The Morgan fingerprint density at radius 2 is 1.83 bits per heavy atom. The number of para-hydroxylation sites is 1. The zero-order chi connectivity index (χ0) is 17.1. The molecule has 0 radical (unpaired) electrons. The number of nitrogens with zero attached hydrogens (tertiary/aromatic N) is 1. The Morgan fingerprint density at radius 1 is 1.08 bits per heavy atom. The molecule has 0 saturated carbocycles. The summed E-state index contributed by atoms with van der Waals surface area (Å²) < 4.78 is 0. The number of hydrogen-bond acceptors (Lipinski definition) is 3. The standard InChI is InChI=1S/C20H18N2O2/c1-20(2,3)11-8-9-15-13(10-11)16(19(24)22-15)17-18(23)12-6-4-5-7-14(12)21-17/h4-10,22,24H,1-3H3. The molecule has 24 heavy (non-hydrogen) atoms. The summed E-state index contributed by atoms with van der Waals surface area (Å²) in [5.41, 5.74) is 3.92. The van der Waals surface area contributed by atoms with Crippen LogP contribution in [0.3, 0.4) is 0 Å². The van der Waals surface area contributed by atoms with E-state index < -0.39 is 0 Å². The number of carbonyl (C=O) groups is 1. The van der Waals surface area contributed by atoms with Crippen molar-refractivity contribution in [2.75, 3.05) is 0 Å². The van der Waals surface area contributed by atoms with Gasteiger partial charge < -0.3 is 10.1 Å². The predicted octanol–water partition coefficient (Wildman–Crippen LogP) is 4.49. The topological polar surface area (TPSA) is 65.4 Å². The Balaban J connectivity index is 1.95. The first-order chi connectivity index (χ1) is 11.4. The number of benzene rings is 2.